The quantitative estimate of drug-likeness (QED) is 0.687. The van der Waals surface area contributed by atoms with Crippen molar-refractivity contribution in [1.29, 1.82) is 5.26 Å². The van der Waals surface area contributed by atoms with E-state index >= 15 is 0 Å². The van der Waals surface area contributed by atoms with Gasteiger partial charge in [-0.3, -0.25) is 0 Å². The smallest absolute Gasteiger partial charge is 0.226 e. The fourth-order valence-electron chi connectivity index (χ4n) is 1.63. The van der Waals surface area contributed by atoms with Crippen molar-refractivity contribution in [2.75, 3.05) is 0 Å². The first kappa shape index (κ1) is 13.9. The number of aliphatic hydroxyl groups is 1. The Kier molecular flexibility index (Phi) is 4.24. The lowest BCUT2D eigenvalue weighted by molar-refractivity contribution is 0.291. The second-order valence-corrected chi connectivity index (χ2v) is 4.42. The van der Waals surface area contributed by atoms with Crippen molar-refractivity contribution < 1.29 is 9.84 Å². The minimum absolute atomic E-state index is 0.144. The van der Waals surface area contributed by atoms with Gasteiger partial charge in [-0.15, -0.1) is 0 Å². The van der Waals surface area contributed by atoms with Gasteiger partial charge in [0.1, 0.15) is 17.5 Å². The van der Waals surface area contributed by atoms with Crippen LogP contribution < -0.4 is 4.74 Å². The summed E-state index contributed by atoms with van der Waals surface area (Å²) in [4.78, 5) is 4.01. The van der Waals surface area contributed by atoms with E-state index < -0.39 is 0 Å². The summed E-state index contributed by atoms with van der Waals surface area (Å²) in [5.74, 6) is 0.0577. The lowest BCUT2D eigenvalue weighted by Crippen LogP contribution is -2.01. The number of ether oxygens (including phenoxy) is 1. The molecule has 0 amide bonds. The van der Waals surface area contributed by atoms with Crippen molar-refractivity contribution in [2.24, 2.45) is 0 Å². The number of aliphatic hydroxyl groups excluding tert-OH is 1. The number of pyridine rings is 1. The molecule has 1 N–H and O–H groups in total. The summed E-state index contributed by atoms with van der Waals surface area (Å²) in [6, 6.07) is 12.2. The molecule has 0 aliphatic rings. The summed E-state index contributed by atoms with van der Waals surface area (Å²) in [6.45, 7) is 3.66. The fraction of sp³-hybridized carbons (Fsp3) is 0.0667. The van der Waals surface area contributed by atoms with Crippen LogP contribution in [-0.2, 0) is 6.61 Å². The van der Waals surface area contributed by atoms with Crippen LogP contribution in [0.25, 0.3) is 5.76 Å². The molecule has 0 saturated carbocycles. The van der Waals surface area contributed by atoms with Gasteiger partial charge >= 0.3 is 0 Å². The van der Waals surface area contributed by atoms with Crippen LogP contribution in [0.4, 0.5) is 0 Å². The molecule has 100 valence electrons. The first-order valence-electron chi connectivity index (χ1n) is 5.77. The number of halogens is 1. The second kappa shape index (κ2) is 6.09. The van der Waals surface area contributed by atoms with E-state index in [0.29, 0.717) is 11.1 Å². The van der Waals surface area contributed by atoms with E-state index in [0.717, 1.165) is 5.56 Å². The van der Waals surface area contributed by atoms with Gasteiger partial charge in [-0.1, -0.05) is 30.3 Å². The van der Waals surface area contributed by atoms with Gasteiger partial charge in [0.15, 0.2) is 0 Å². The van der Waals surface area contributed by atoms with Crippen LogP contribution in [0.3, 0.4) is 0 Å². The predicted octanol–water partition coefficient (Wildman–Crippen LogP) is 3.71. The zero-order valence-corrected chi connectivity index (χ0v) is 11.3. The first-order valence-corrected chi connectivity index (χ1v) is 6.14. The third-order valence-corrected chi connectivity index (χ3v) is 2.78. The fourth-order valence-corrected chi connectivity index (χ4v) is 1.77. The summed E-state index contributed by atoms with van der Waals surface area (Å²) < 4.78 is 5.54. The third-order valence-electron chi connectivity index (χ3n) is 2.57. The average Bonchev–Trinajstić information content (AvgIpc) is 2.45. The van der Waals surface area contributed by atoms with Crippen LogP contribution in [0.5, 0.6) is 5.88 Å². The van der Waals surface area contributed by atoms with E-state index in [9.17, 15) is 5.11 Å². The van der Waals surface area contributed by atoms with E-state index in [-0.39, 0.29) is 23.4 Å². The maximum atomic E-state index is 9.47. The number of nitriles is 1. The maximum Gasteiger partial charge on any atom is 0.226 e. The van der Waals surface area contributed by atoms with Crippen molar-refractivity contribution in [3.8, 4) is 11.9 Å². The summed E-state index contributed by atoms with van der Waals surface area (Å²) in [7, 11) is 0. The zero-order valence-electron chi connectivity index (χ0n) is 10.5. The van der Waals surface area contributed by atoms with Crippen molar-refractivity contribution in [3.05, 3.63) is 64.8 Å². The van der Waals surface area contributed by atoms with Crippen LogP contribution in [0.2, 0.25) is 5.15 Å². The summed E-state index contributed by atoms with van der Waals surface area (Å²) >= 11 is 5.81. The number of hydrogen-bond acceptors (Lipinski definition) is 4. The Morgan fingerprint density at radius 1 is 1.40 bits per heavy atom. The third kappa shape index (κ3) is 3.28. The highest BCUT2D eigenvalue weighted by atomic mass is 35.5. The summed E-state index contributed by atoms with van der Waals surface area (Å²) in [6.07, 6.45) is 0. The zero-order chi connectivity index (χ0) is 14.5. The van der Waals surface area contributed by atoms with Gasteiger partial charge in [0.05, 0.1) is 17.2 Å². The van der Waals surface area contributed by atoms with Crippen LogP contribution in [0.15, 0.2) is 43.0 Å². The minimum atomic E-state index is -0.144. The summed E-state index contributed by atoms with van der Waals surface area (Å²) in [5, 5.41) is 18.6. The molecule has 0 unspecified atom stereocenters. The van der Waals surface area contributed by atoms with Gasteiger partial charge in [-0.2, -0.15) is 5.26 Å². The van der Waals surface area contributed by atoms with Gasteiger partial charge in [0.2, 0.25) is 5.88 Å². The maximum absolute atomic E-state index is 9.47. The van der Waals surface area contributed by atoms with E-state index in [4.69, 9.17) is 21.6 Å². The molecule has 4 nitrogen and oxygen atoms in total. The molecule has 5 heteroatoms. The lowest BCUT2D eigenvalue weighted by Gasteiger charge is -2.10. The largest absolute Gasteiger partial charge is 0.508 e. The molecule has 0 aliphatic heterocycles. The average molecular weight is 287 g/mol. The van der Waals surface area contributed by atoms with Gasteiger partial charge in [0.25, 0.3) is 0 Å². The van der Waals surface area contributed by atoms with Crippen LogP contribution >= 0.6 is 11.6 Å². The molecule has 1 aromatic heterocycles. The predicted molar refractivity (Wildman–Crippen MR) is 76.4 cm³/mol. The Labute approximate surface area is 121 Å². The molecule has 0 saturated heterocycles. The highest BCUT2D eigenvalue weighted by molar-refractivity contribution is 6.29. The van der Waals surface area contributed by atoms with Gasteiger partial charge in [-0.05, 0) is 29.8 Å². The second-order valence-electron chi connectivity index (χ2n) is 4.03. The van der Waals surface area contributed by atoms with Crippen LogP contribution in [0.1, 0.15) is 16.7 Å². The van der Waals surface area contributed by atoms with E-state index in [2.05, 4.69) is 17.6 Å². The molecule has 0 bridgehead atoms. The molecular formula is C15H11ClN2O2. The lowest BCUT2D eigenvalue weighted by atomic mass is 10.1. The van der Waals surface area contributed by atoms with Gasteiger partial charge < -0.3 is 9.84 Å². The molecule has 0 spiro atoms. The molecule has 2 rings (SSSR count). The molecule has 1 aromatic carbocycles. The Balaban J connectivity index is 2.20. The SMILES string of the molecule is C=C(O)c1ccc(Cl)nc1OCc1cccc(C#N)c1. The number of aromatic nitrogens is 1. The van der Waals surface area contributed by atoms with Crippen molar-refractivity contribution in [2.45, 2.75) is 6.61 Å². The molecule has 0 aliphatic carbocycles. The number of nitrogens with zero attached hydrogens (tertiary/aromatic N) is 2. The molecule has 1 heterocycles. The number of rotatable bonds is 4. The van der Waals surface area contributed by atoms with Crippen molar-refractivity contribution in [1.82, 2.24) is 4.98 Å². The van der Waals surface area contributed by atoms with Crippen LogP contribution in [0, 0.1) is 11.3 Å². The first-order chi connectivity index (χ1) is 9.60. The number of benzene rings is 1. The van der Waals surface area contributed by atoms with E-state index in [1.165, 1.54) is 0 Å². The molecule has 0 fully saturated rings. The topological polar surface area (TPSA) is 66.1 Å². The van der Waals surface area contributed by atoms with Gasteiger partial charge in [0, 0.05) is 0 Å². The Bertz CT molecular complexity index is 693. The highest BCUT2D eigenvalue weighted by Crippen LogP contribution is 2.24. The minimum Gasteiger partial charge on any atom is -0.508 e. The molecular weight excluding hydrogens is 276 g/mol. The van der Waals surface area contributed by atoms with E-state index in [1.807, 2.05) is 6.07 Å². The van der Waals surface area contributed by atoms with Crippen molar-refractivity contribution in [3.63, 3.8) is 0 Å². The monoisotopic (exact) mass is 286 g/mol. The Morgan fingerprint density at radius 2 is 2.20 bits per heavy atom. The molecule has 0 atom stereocenters. The Morgan fingerprint density at radius 3 is 2.90 bits per heavy atom. The molecule has 2 aromatic rings. The molecule has 20 heavy (non-hydrogen) atoms. The number of hydrogen-bond donors (Lipinski definition) is 1. The van der Waals surface area contributed by atoms with Gasteiger partial charge in [-0.25, -0.2) is 4.98 Å². The van der Waals surface area contributed by atoms with E-state index in [1.54, 1.807) is 30.3 Å². The summed E-state index contributed by atoms with van der Waals surface area (Å²) in [5.41, 5.74) is 1.75. The van der Waals surface area contributed by atoms with Crippen LogP contribution in [-0.4, -0.2) is 10.1 Å². The normalized spacial score (nSPS) is 9.80. The standard InChI is InChI=1S/C15H11ClN2O2/c1-10(19)13-5-6-14(16)18-15(13)20-9-12-4-2-3-11(7-12)8-17/h2-7,19H,1,9H2. The Hall–Kier alpha value is -2.51. The highest BCUT2D eigenvalue weighted by Gasteiger charge is 2.09. The van der Waals surface area contributed by atoms with Crippen molar-refractivity contribution >= 4 is 17.4 Å². The molecule has 0 radical (unpaired) electrons.